The monoisotopic (exact) mass is 430 g/mol. The van der Waals surface area contributed by atoms with Crippen molar-refractivity contribution in [3.05, 3.63) is 51.5 Å². The molecular weight excluding hydrogens is 407 g/mol. The molecule has 0 atom stereocenters. The SMILES string of the molecule is CN=C(NCc1ccc(C)cc1)N(C)Cc1csc(C)n1.I. The molecule has 1 aromatic carbocycles. The molecule has 0 aliphatic heterocycles. The highest BCUT2D eigenvalue weighted by Crippen LogP contribution is 2.10. The van der Waals surface area contributed by atoms with Crippen LogP contribution in [0.15, 0.2) is 34.6 Å². The van der Waals surface area contributed by atoms with Gasteiger partial charge in [0, 0.05) is 26.0 Å². The van der Waals surface area contributed by atoms with Gasteiger partial charge in [-0.15, -0.1) is 35.3 Å². The van der Waals surface area contributed by atoms with Crippen molar-refractivity contribution in [1.82, 2.24) is 15.2 Å². The Balaban J connectivity index is 0.00000242. The Bertz CT molecular complexity index is 607. The second-order valence-corrected chi connectivity index (χ2v) is 6.16. The molecule has 2 rings (SSSR count). The Morgan fingerprint density at radius 1 is 1.27 bits per heavy atom. The molecule has 2 aromatic rings. The van der Waals surface area contributed by atoms with E-state index in [1.54, 1.807) is 18.4 Å². The van der Waals surface area contributed by atoms with Gasteiger partial charge in [0.05, 0.1) is 17.2 Å². The molecule has 120 valence electrons. The number of nitrogens with zero attached hydrogens (tertiary/aromatic N) is 3. The zero-order chi connectivity index (χ0) is 15.2. The molecule has 0 fully saturated rings. The second kappa shape index (κ2) is 9.09. The Kier molecular flexibility index (Phi) is 7.81. The number of aryl methyl sites for hydroxylation is 2. The molecule has 0 aliphatic carbocycles. The largest absolute Gasteiger partial charge is 0.352 e. The smallest absolute Gasteiger partial charge is 0.194 e. The fourth-order valence-electron chi connectivity index (χ4n) is 2.07. The van der Waals surface area contributed by atoms with Crippen LogP contribution in [0.25, 0.3) is 0 Å². The lowest BCUT2D eigenvalue weighted by Gasteiger charge is -2.21. The lowest BCUT2D eigenvalue weighted by molar-refractivity contribution is 0.470. The average Bonchev–Trinajstić information content (AvgIpc) is 2.87. The summed E-state index contributed by atoms with van der Waals surface area (Å²) in [6.07, 6.45) is 0. The van der Waals surface area contributed by atoms with Crippen LogP contribution in [-0.2, 0) is 13.1 Å². The maximum Gasteiger partial charge on any atom is 0.194 e. The summed E-state index contributed by atoms with van der Waals surface area (Å²) < 4.78 is 0. The Labute approximate surface area is 153 Å². The summed E-state index contributed by atoms with van der Waals surface area (Å²) >= 11 is 1.68. The zero-order valence-electron chi connectivity index (χ0n) is 13.5. The molecule has 1 heterocycles. The standard InChI is InChI=1S/C16H22N4S.HI/c1-12-5-7-14(8-6-12)9-18-16(17-3)20(4)10-15-11-21-13(2)19-15;/h5-8,11H,9-10H2,1-4H3,(H,17,18);1H. The van der Waals surface area contributed by atoms with E-state index in [0.29, 0.717) is 0 Å². The molecule has 6 heteroatoms. The molecule has 0 aliphatic rings. The summed E-state index contributed by atoms with van der Waals surface area (Å²) in [6, 6.07) is 8.53. The topological polar surface area (TPSA) is 40.5 Å². The van der Waals surface area contributed by atoms with E-state index in [0.717, 1.165) is 29.8 Å². The van der Waals surface area contributed by atoms with Gasteiger partial charge >= 0.3 is 0 Å². The third-order valence-electron chi connectivity index (χ3n) is 3.21. The minimum atomic E-state index is 0. The Morgan fingerprint density at radius 3 is 2.50 bits per heavy atom. The van der Waals surface area contributed by atoms with Gasteiger partial charge in [-0.1, -0.05) is 29.8 Å². The summed E-state index contributed by atoms with van der Waals surface area (Å²) in [6.45, 7) is 5.66. The van der Waals surface area contributed by atoms with Gasteiger partial charge in [0.1, 0.15) is 0 Å². The van der Waals surface area contributed by atoms with Gasteiger partial charge in [0.2, 0.25) is 0 Å². The summed E-state index contributed by atoms with van der Waals surface area (Å²) in [5, 5.41) is 6.58. The number of aromatic nitrogens is 1. The predicted molar refractivity (Wildman–Crippen MR) is 105 cm³/mol. The van der Waals surface area contributed by atoms with Crippen molar-refractivity contribution < 1.29 is 0 Å². The molecule has 22 heavy (non-hydrogen) atoms. The van der Waals surface area contributed by atoms with Gasteiger partial charge in [-0.05, 0) is 19.4 Å². The van der Waals surface area contributed by atoms with E-state index in [1.807, 2.05) is 14.0 Å². The first-order chi connectivity index (χ1) is 10.1. The first-order valence-corrected chi connectivity index (χ1v) is 7.85. The van der Waals surface area contributed by atoms with Gasteiger partial charge in [0.15, 0.2) is 5.96 Å². The summed E-state index contributed by atoms with van der Waals surface area (Å²) in [5.41, 5.74) is 3.61. The molecule has 4 nitrogen and oxygen atoms in total. The van der Waals surface area contributed by atoms with Crippen LogP contribution in [0.5, 0.6) is 0 Å². The van der Waals surface area contributed by atoms with Crippen LogP contribution in [0.2, 0.25) is 0 Å². The second-order valence-electron chi connectivity index (χ2n) is 5.10. The summed E-state index contributed by atoms with van der Waals surface area (Å²) in [7, 11) is 3.83. The number of thiazole rings is 1. The van der Waals surface area contributed by atoms with Crippen LogP contribution in [0.3, 0.4) is 0 Å². The van der Waals surface area contributed by atoms with Crippen molar-refractivity contribution in [2.75, 3.05) is 14.1 Å². The van der Waals surface area contributed by atoms with Crippen molar-refractivity contribution in [3.8, 4) is 0 Å². The molecule has 0 bridgehead atoms. The van der Waals surface area contributed by atoms with Crippen LogP contribution in [-0.4, -0.2) is 29.9 Å². The number of hydrogen-bond donors (Lipinski definition) is 1. The molecule has 0 saturated heterocycles. The molecule has 1 aromatic heterocycles. The normalized spacial score (nSPS) is 11.0. The molecule has 0 spiro atoms. The van der Waals surface area contributed by atoms with Gasteiger partial charge in [-0.25, -0.2) is 4.98 Å². The van der Waals surface area contributed by atoms with E-state index in [2.05, 4.69) is 56.8 Å². The van der Waals surface area contributed by atoms with E-state index in [9.17, 15) is 0 Å². The van der Waals surface area contributed by atoms with Gasteiger partial charge in [-0.2, -0.15) is 0 Å². The minimum absolute atomic E-state index is 0. The van der Waals surface area contributed by atoms with Crippen molar-refractivity contribution in [3.63, 3.8) is 0 Å². The maximum absolute atomic E-state index is 4.49. The van der Waals surface area contributed by atoms with Gasteiger partial charge < -0.3 is 10.2 Å². The summed E-state index contributed by atoms with van der Waals surface area (Å²) in [4.78, 5) is 10.9. The van der Waals surface area contributed by atoms with E-state index in [-0.39, 0.29) is 24.0 Å². The number of benzene rings is 1. The van der Waals surface area contributed by atoms with Crippen molar-refractivity contribution >= 4 is 41.3 Å². The minimum Gasteiger partial charge on any atom is -0.352 e. The number of aliphatic imine (C=N–C) groups is 1. The van der Waals surface area contributed by atoms with Gasteiger partial charge in [0.25, 0.3) is 0 Å². The maximum atomic E-state index is 4.49. The van der Waals surface area contributed by atoms with Crippen LogP contribution < -0.4 is 5.32 Å². The molecule has 0 saturated carbocycles. The Hall–Kier alpha value is -1.15. The quantitative estimate of drug-likeness (QED) is 0.458. The lowest BCUT2D eigenvalue weighted by Crippen LogP contribution is -2.38. The number of rotatable bonds is 4. The lowest BCUT2D eigenvalue weighted by atomic mass is 10.1. The number of guanidine groups is 1. The van der Waals surface area contributed by atoms with Crippen LogP contribution in [0.1, 0.15) is 21.8 Å². The van der Waals surface area contributed by atoms with Crippen molar-refractivity contribution in [1.29, 1.82) is 0 Å². The van der Waals surface area contributed by atoms with Crippen LogP contribution in [0.4, 0.5) is 0 Å². The van der Waals surface area contributed by atoms with Crippen molar-refractivity contribution in [2.45, 2.75) is 26.9 Å². The number of hydrogen-bond acceptors (Lipinski definition) is 3. The average molecular weight is 430 g/mol. The van der Waals surface area contributed by atoms with E-state index < -0.39 is 0 Å². The zero-order valence-corrected chi connectivity index (χ0v) is 16.6. The molecule has 0 amide bonds. The Morgan fingerprint density at radius 2 is 1.95 bits per heavy atom. The fraction of sp³-hybridized carbons (Fsp3) is 0.375. The molecule has 0 radical (unpaired) electrons. The first kappa shape index (κ1) is 18.9. The molecule has 0 unspecified atom stereocenters. The van der Waals surface area contributed by atoms with Gasteiger partial charge in [-0.3, -0.25) is 4.99 Å². The van der Waals surface area contributed by atoms with Crippen molar-refractivity contribution in [2.24, 2.45) is 4.99 Å². The highest BCUT2D eigenvalue weighted by molar-refractivity contribution is 14.0. The van der Waals surface area contributed by atoms with E-state index >= 15 is 0 Å². The highest BCUT2D eigenvalue weighted by atomic mass is 127. The fourth-order valence-corrected chi connectivity index (χ4v) is 2.67. The molecular formula is C16H23IN4S. The number of halogens is 1. The number of nitrogens with one attached hydrogen (secondary N) is 1. The predicted octanol–water partition coefficient (Wildman–Crippen LogP) is 3.59. The van der Waals surface area contributed by atoms with Crippen LogP contribution >= 0.6 is 35.3 Å². The summed E-state index contributed by atoms with van der Waals surface area (Å²) in [5.74, 6) is 0.876. The first-order valence-electron chi connectivity index (χ1n) is 6.97. The van der Waals surface area contributed by atoms with E-state index in [1.165, 1.54) is 11.1 Å². The van der Waals surface area contributed by atoms with E-state index in [4.69, 9.17) is 0 Å². The highest BCUT2D eigenvalue weighted by Gasteiger charge is 2.08. The molecule has 1 N–H and O–H groups in total. The third kappa shape index (κ3) is 5.57. The third-order valence-corrected chi connectivity index (χ3v) is 4.03. The van der Waals surface area contributed by atoms with Crippen LogP contribution in [0, 0.1) is 13.8 Å².